The van der Waals surface area contributed by atoms with Gasteiger partial charge in [-0.3, -0.25) is 14.8 Å². The maximum atomic E-state index is 14.3. The van der Waals surface area contributed by atoms with Gasteiger partial charge in [0, 0.05) is 85.4 Å². The van der Waals surface area contributed by atoms with E-state index in [-0.39, 0.29) is 17.8 Å². The molecular weight excluding hydrogens is 371 g/mol. The van der Waals surface area contributed by atoms with Crippen molar-refractivity contribution in [2.45, 2.75) is 32.2 Å². The van der Waals surface area contributed by atoms with E-state index in [4.69, 9.17) is 15.5 Å². The van der Waals surface area contributed by atoms with Gasteiger partial charge in [0.1, 0.15) is 5.82 Å². The Morgan fingerprint density at radius 1 is 1.28 bits per heavy atom. The minimum absolute atomic E-state index is 0.00560. The number of carbonyl (C=O) groups is 1. The molecule has 0 spiro atoms. The summed E-state index contributed by atoms with van der Waals surface area (Å²) >= 11 is 0. The lowest BCUT2D eigenvalue weighted by atomic mass is 9.94. The number of carbonyl (C=O) groups excluding carboxylic acids is 1. The molecule has 0 radical (unpaired) electrons. The fraction of sp³-hybridized carbons (Fsp3) is 0.409. The topological polar surface area (TPSA) is 80.8 Å². The number of rotatable bonds is 2. The van der Waals surface area contributed by atoms with Crippen molar-refractivity contribution in [2.24, 2.45) is 10.7 Å². The van der Waals surface area contributed by atoms with Gasteiger partial charge >= 0.3 is 0 Å². The summed E-state index contributed by atoms with van der Waals surface area (Å²) in [6.07, 6.45) is 5.62. The molecule has 2 saturated heterocycles. The fourth-order valence-electron chi connectivity index (χ4n) is 3.99. The smallest absolute Gasteiger partial charge is 0.219 e. The first kappa shape index (κ1) is 19.5. The Bertz CT molecular complexity index is 995. The number of fused-ring (bicyclic) bond motifs is 1. The molecule has 2 aromatic rings. The van der Waals surface area contributed by atoms with Crippen molar-refractivity contribution in [1.29, 1.82) is 0 Å². The molecular formula is C22H25FN4O2. The van der Waals surface area contributed by atoms with Crippen LogP contribution < -0.4 is 5.73 Å². The summed E-state index contributed by atoms with van der Waals surface area (Å²) < 4.78 is 19.7. The van der Waals surface area contributed by atoms with E-state index in [0.717, 1.165) is 29.7 Å². The first-order valence-corrected chi connectivity index (χ1v) is 9.96. The Morgan fingerprint density at radius 2 is 2.07 bits per heavy atom. The molecule has 3 heterocycles. The Balaban J connectivity index is 1.81. The summed E-state index contributed by atoms with van der Waals surface area (Å²) in [7, 11) is 0. The third-order valence-corrected chi connectivity index (χ3v) is 5.67. The van der Waals surface area contributed by atoms with Gasteiger partial charge in [-0.1, -0.05) is 0 Å². The van der Waals surface area contributed by atoms with Crippen LogP contribution in [-0.4, -0.2) is 53.8 Å². The second kappa shape index (κ2) is 8.29. The van der Waals surface area contributed by atoms with E-state index < -0.39 is 0 Å². The highest BCUT2D eigenvalue weighted by Gasteiger charge is 2.26. The molecule has 0 atom stereocenters. The molecule has 4 rings (SSSR count). The normalized spacial score (nSPS) is 21.6. The molecule has 1 aromatic heterocycles. The van der Waals surface area contributed by atoms with Crippen LogP contribution in [0.5, 0.6) is 0 Å². The van der Waals surface area contributed by atoms with Gasteiger partial charge in [0.05, 0.1) is 6.04 Å². The molecule has 1 aromatic carbocycles. The first-order chi connectivity index (χ1) is 14.0. The highest BCUT2D eigenvalue weighted by Crippen LogP contribution is 2.29. The molecule has 0 aliphatic carbocycles. The lowest BCUT2D eigenvalue weighted by molar-refractivity contribution is -0.128. The molecule has 6 nitrogen and oxygen atoms in total. The van der Waals surface area contributed by atoms with Gasteiger partial charge in [-0.25, -0.2) is 4.39 Å². The summed E-state index contributed by atoms with van der Waals surface area (Å²) in [6, 6.07) is 4.95. The van der Waals surface area contributed by atoms with Crippen molar-refractivity contribution in [1.82, 2.24) is 9.88 Å². The van der Waals surface area contributed by atoms with Crippen LogP contribution in [0.25, 0.3) is 16.5 Å². The van der Waals surface area contributed by atoms with E-state index in [1.54, 1.807) is 36.4 Å². The number of nitrogens with zero attached hydrogens (tertiary/aromatic N) is 3. The number of halogens is 1. The van der Waals surface area contributed by atoms with Crippen LogP contribution in [0.4, 0.5) is 4.39 Å². The van der Waals surface area contributed by atoms with E-state index in [1.165, 1.54) is 6.07 Å². The van der Waals surface area contributed by atoms with Crippen LogP contribution in [0.2, 0.25) is 0 Å². The van der Waals surface area contributed by atoms with Crippen LogP contribution in [0.15, 0.2) is 41.2 Å². The zero-order chi connectivity index (χ0) is 20.4. The summed E-state index contributed by atoms with van der Waals surface area (Å²) in [4.78, 5) is 22.9. The molecule has 7 heteroatoms. The average molecular weight is 396 g/mol. The van der Waals surface area contributed by atoms with Crippen molar-refractivity contribution in [3.05, 3.63) is 47.5 Å². The average Bonchev–Trinajstić information content (AvgIpc) is 2.75. The highest BCUT2D eigenvalue weighted by atomic mass is 19.1. The number of likely N-dealkylation sites (tertiary alicyclic amines) is 1. The van der Waals surface area contributed by atoms with Gasteiger partial charge in [0.15, 0.2) is 0 Å². The molecule has 29 heavy (non-hydrogen) atoms. The van der Waals surface area contributed by atoms with Crippen LogP contribution in [0.3, 0.4) is 0 Å². The number of aromatic nitrogens is 1. The number of amides is 1. The van der Waals surface area contributed by atoms with Gasteiger partial charge in [0.2, 0.25) is 5.91 Å². The number of ether oxygens (including phenoxy) is 1. The summed E-state index contributed by atoms with van der Waals surface area (Å²) in [5, 5.41) is 1.13. The quantitative estimate of drug-likeness (QED) is 0.846. The number of benzene rings is 1. The number of piperidine rings is 1. The van der Waals surface area contributed by atoms with E-state index in [1.807, 2.05) is 0 Å². The second-order valence-electron chi connectivity index (χ2n) is 7.52. The van der Waals surface area contributed by atoms with Crippen molar-refractivity contribution in [2.75, 3.05) is 26.3 Å². The maximum absolute atomic E-state index is 14.3. The van der Waals surface area contributed by atoms with Gasteiger partial charge in [-0.15, -0.1) is 0 Å². The Labute approximate surface area is 169 Å². The van der Waals surface area contributed by atoms with Crippen molar-refractivity contribution in [3.8, 4) is 0 Å². The minimum Gasteiger partial charge on any atom is -0.398 e. The lowest BCUT2D eigenvalue weighted by Crippen LogP contribution is -2.40. The Hall–Kier alpha value is -2.80. The molecule has 152 valence electrons. The number of hydrogen-bond acceptors (Lipinski definition) is 5. The molecule has 2 aliphatic heterocycles. The number of aliphatic imine (C=N–C) groups is 1. The zero-order valence-corrected chi connectivity index (χ0v) is 16.5. The zero-order valence-electron chi connectivity index (χ0n) is 16.5. The van der Waals surface area contributed by atoms with Gasteiger partial charge in [-0.05, 0) is 31.0 Å². The van der Waals surface area contributed by atoms with E-state index in [0.29, 0.717) is 49.2 Å². The van der Waals surface area contributed by atoms with Gasteiger partial charge in [-0.2, -0.15) is 0 Å². The van der Waals surface area contributed by atoms with Gasteiger partial charge in [0.25, 0.3) is 0 Å². The van der Waals surface area contributed by atoms with E-state index in [9.17, 15) is 9.18 Å². The maximum Gasteiger partial charge on any atom is 0.219 e. The minimum atomic E-state index is -0.311. The number of pyridine rings is 1. The van der Waals surface area contributed by atoms with E-state index in [2.05, 4.69) is 4.98 Å². The summed E-state index contributed by atoms with van der Waals surface area (Å²) in [6.45, 7) is 4.02. The van der Waals surface area contributed by atoms with Crippen LogP contribution >= 0.6 is 0 Å². The largest absolute Gasteiger partial charge is 0.398 e. The van der Waals surface area contributed by atoms with Crippen LogP contribution in [0.1, 0.15) is 31.7 Å². The standard InChI is InChI=1S/C22H25FN4O2/c1-14(28)27-9-5-21(26-15-6-10-29-11-7-15)19(13-27)22(24)17-2-3-20(23)16-4-8-25-12-18(16)17/h2-4,8,12,15H,5-7,9-11,13,24H2,1H3. The molecule has 2 aliphatic rings. The highest BCUT2D eigenvalue weighted by molar-refractivity contribution is 6.09. The Morgan fingerprint density at radius 3 is 2.83 bits per heavy atom. The third-order valence-electron chi connectivity index (χ3n) is 5.67. The molecule has 0 saturated carbocycles. The SMILES string of the molecule is CC(=O)N1CCC(=NC2CCOCC2)C(=C(N)c2ccc(F)c3ccncc23)C1. The fourth-order valence-corrected chi connectivity index (χ4v) is 3.99. The second-order valence-corrected chi connectivity index (χ2v) is 7.52. The predicted octanol–water partition coefficient (Wildman–Crippen LogP) is 2.92. The number of hydrogen-bond donors (Lipinski definition) is 1. The van der Waals surface area contributed by atoms with Crippen LogP contribution in [-0.2, 0) is 9.53 Å². The molecule has 2 N–H and O–H groups in total. The summed E-state index contributed by atoms with van der Waals surface area (Å²) in [5.41, 5.74) is 9.65. The molecule has 2 fully saturated rings. The molecule has 0 unspecified atom stereocenters. The molecule has 1 amide bonds. The monoisotopic (exact) mass is 396 g/mol. The van der Waals surface area contributed by atoms with E-state index >= 15 is 0 Å². The van der Waals surface area contributed by atoms with Crippen molar-refractivity contribution in [3.63, 3.8) is 0 Å². The predicted molar refractivity (Wildman–Crippen MR) is 111 cm³/mol. The Kier molecular flexibility index (Phi) is 5.58. The number of nitrogens with two attached hydrogens (primary N) is 1. The lowest BCUT2D eigenvalue weighted by Gasteiger charge is -2.31. The third kappa shape index (κ3) is 4.00. The summed E-state index contributed by atoms with van der Waals surface area (Å²) in [5.74, 6) is -0.305. The van der Waals surface area contributed by atoms with Gasteiger partial charge < -0.3 is 15.4 Å². The van der Waals surface area contributed by atoms with Crippen molar-refractivity contribution >= 4 is 28.1 Å². The molecule has 0 bridgehead atoms. The van der Waals surface area contributed by atoms with Crippen LogP contribution in [0, 0.1) is 5.82 Å². The first-order valence-electron chi connectivity index (χ1n) is 9.96. The van der Waals surface area contributed by atoms with Crippen molar-refractivity contribution < 1.29 is 13.9 Å².